The van der Waals surface area contributed by atoms with E-state index in [1.54, 1.807) is 19.9 Å². The predicted molar refractivity (Wildman–Crippen MR) is 119 cm³/mol. The minimum absolute atomic E-state index is 0.00475. The fourth-order valence-corrected chi connectivity index (χ4v) is 6.02. The number of carbonyl (C=O) groups is 1. The molecule has 1 aliphatic rings. The quantitative estimate of drug-likeness (QED) is 0.651. The molecule has 0 atom stereocenters. The molecule has 0 aliphatic carbocycles. The maximum Gasteiger partial charge on any atom is 0.422 e. The van der Waals surface area contributed by atoms with Crippen molar-refractivity contribution in [3.63, 3.8) is 0 Å². The van der Waals surface area contributed by atoms with Crippen molar-refractivity contribution in [2.75, 3.05) is 25.0 Å². The minimum atomic E-state index is -4.46. The van der Waals surface area contributed by atoms with Crippen LogP contribution in [0.4, 0.5) is 18.9 Å². The second-order valence-corrected chi connectivity index (χ2v) is 10.2. The number of amides is 1. The number of carbonyl (C=O) groups excluding carboxylic acids is 1. The molecule has 2 aromatic carbocycles. The van der Waals surface area contributed by atoms with Crippen molar-refractivity contribution in [2.24, 2.45) is 5.92 Å². The van der Waals surface area contributed by atoms with Crippen molar-refractivity contribution in [2.45, 2.75) is 44.7 Å². The van der Waals surface area contributed by atoms with Crippen LogP contribution in [0.1, 0.15) is 29.5 Å². The van der Waals surface area contributed by atoms with Crippen molar-refractivity contribution in [1.29, 1.82) is 0 Å². The summed E-state index contributed by atoms with van der Waals surface area (Å²) in [5.41, 5.74) is 2.70. The molecule has 0 spiro atoms. The first-order valence-electron chi connectivity index (χ1n) is 10.6. The molecule has 0 bridgehead atoms. The lowest BCUT2D eigenvalue weighted by Crippen LogP contribution is -2.41. The first-order chi connectivity index (χ1) is 15.4. The molecule has 0 saturated carbocycles. The number of aryl methyl sites for hydroxylation is 3. The number of hydrogen-bond acceptors (Lipinski definition) is 4. The average molecular weight is 485 g/mol. The van der Waals surface area contributed by atoms with Gasteiger partial charge in [-0.05, 0) is 56.9 Å². The Morgan fingerprint density at radius 1 is 1.09 bits per heavy atom. The number of halogens is 3. The zero-order chi connectivity index (χ0) is 24.4. The van der Waals surface area contributed by atoms with Crippen molar-refractivity contribution in [3.8, 4) is 5.75 Å². The van der Waals surface area contributed by atoms with Crippen LogP contribution in [0.5, 0.6) is 5.75 Å². The third kappa shape index (κ3) is 6.26. The number of piperidine rings is 1. The number of rotatable bonds is 6. The lowest BCUT2D eigenvalue weighted by atomic mass is 9.97. The summed E-state index contributed by atoms with van der Waals surface area (Å²) in [6.07, 6.45) is -3.76. The van der Waals surface area contributed by atoms with Crippen LogP contribution in [-0.4, -0.2) is 44.5 Å². The second-order valence-electron chi connectivity index (χ2n) is 8.33. The summed E-state index contributed by atoms with van der Waals surface area (Å²) >= 11 is 0. The Morgan fingerprint density at radius 2 is 1.70 bits per heavy atom. The highest BCUT2D eigenvalue weighted by molar-refractivity contribution is 7.89. The Labute approximate surface area is 191 Å². The molecule has 0 unspecified atom stereocenters. The number of alkyl halides is 3. The van der Waals surface area contributed by atoms with Gasteiger partial charge in [-0.2, -0.15) is 17.5 Å². The van der Waals surface area contributed by atoms with Crippen LogP contribution in [0.15, 0.2) is 41.3 Å². The Kier molecular flexibility index (Phi) is 7.38. The number of hydrogen-bond donors (Lipinski definition) is 1. The second kappa shape index (κ2) is 9.72. The fourth-order valence-electron chi connectivity index (χ4n) is 4.13. The van der Waals surface area contributed by atoms with E-state index in [0.29, 0.717) is 34.6 Å². The monoisotopic (exact) mass is 484 g/mol. The predicted octanol–water partition coefficient (Wildman–Crippen LogP) is 4.59. The highest BCUT2D eigenvalue weighted by atomic mass is 32.2. The van der Waals surface area contributed by atoms with Gasteiger partial charge >= 0.3 is 6.18 Å². The van der Waals surface area contributed by atoms with Crippen LogP contribution in [0.25, 0.3) is 0 Å². The van der Waals surface area contributed by atoms with Gasteiger partial charge in [0.2, 0.25) is 15.9 Å². The van der Waals surface area contributed by atoms with Gasteiger partial charge in [-0.1, -0.05) is 23.8 Å². The summed E-state index contributed by atoms with van der Waals surface area (Å²) in [7, 11) is -3.68. The van der Waals surface area contributed by atoms with Gasteiger partial charge in [0.15, 0.2) is 6.61 Å². The molecule has 33 heavy (non-hydrogen) atoms. The van der Waals surface area contributed by atoms with Gasteiger partial charge in [-0.25, -0.2) is 8.42 Å². The lowest BCUT2D eigenvalue weighted by molar-refractivity contribution is -0.153. The van der Waals surface area contributed by atoms with E-state index in [4.69, 9.17) is 4.74 Å². The Hall–Kier alpha value is -2.59. The molecular weight excluding hydrogens is 457 g/mol. The lowest BCUT2D eigenvalue weighted by Gasteiger charge is -2.31. The normalized spacial score (nSPS) is 15.9. The van der Waals surface area contributed by atoms with Gasteiger partial charge in [-0.15, -0.1) is 0 Å². The van der Waals surface area contributed by atoms with Gasteiger partial charge in [-0.3, -0.25) is 4.79 Å². The van der Waals surface area contributed by atoms with Crippen molar-refractivity contribution >= 4 is 21.6 Å². The minimum Gasteiger partial charge on any atom is -0.484 e. The Bertz CT molecular complexity index is 1100. The molecule has 1 amide bonds. The number of nitrogens with one attached hydrogen (secondary N) is 1. The van der Waals surface area contributed by atoms with Crippen molar-refractivity contribution in [1.82, 2.24) is 4.31 Å². The fraction of sp³-hybridized carbons (Fsp3) is 0.435. The van der Waals surface area contributed by atoms with Gasteiger partial charge in [0, 0.05) is 30.8 Å². The van der Waals surface area contributed by atoms with E-state index in [2.05, 4.69) is 5.32 Å². The van der Waals surface area contributed by atoms with E-state index in [9.17, 15) is 26.4 Å². The van der Waals surface area contributed by atoms with Crippen LogP contribution < -0.4 is 10.1 Å². The summed E-state index contributed by atoms with van der Waals surface area (Å²) in [5, 5.41) is 2.69. The molecule has 1 N–H and O–H groups in total. The van der Waals surface area contributed by atoms with E-state index in [1.807, 2.05) is 19.1 Å². The van der Waals surface area contributed by atoms with Gasteiger partial charge in [0.1, 0.15) is 5.75 Å². The van der Waals surface area contributed by atoms with Crippen LogP contribution in [0.3, 0.4) is 0 Å². The molecule has 180 valence electrons. The first-order valence-corrected chi connectivity index (χ1v) is 12.0. The molecule has 1 saturated heterocycles. The van der Waals surface area contributed by atoms with Gasteiger partial charge < -0.3 is 10.1 Å². The molecule has 0 radical (unpaired) electrons. The van der Waals surface area contributed by atoms with Gasteiger partial charge in [0.05, 0.1) is 4.90 Å². The molecule has 0 aromatic heterocycles. The number of benzene rings is 2. The molecule has 3 rings (SSSR count). The number of anilines is 1. The molecule has 1 aliphatic heterocycles. The highest BCUT2D eigenvalue weighted by Gasteiger charge is 2.34. The molecule has 6 nitrogen and oxygen atoms in total. The van der Waals surface area contributed by atoms with E-state index in [1.165, 1.54) is 22.5 Å². The summed E-state index contributed by atoms with van der Waals surface area (Å²) in [6.45, 7) is 4.47. The van der Waals surface area contributed by atoms with Crippen molar-refractivity contribution in [3.05, 3.63) is 53.1 Å². The van der Waals surface area contributed by atoms with E-state index in [-0.39, 0.29) is 24.7 Å². The number of ether oxygens (including phenoxy) is 1. The third-order valence-electron chi connectivity index (χ3n) is 5.53. The van der Waals surface area contributed by atoms with E-state index < -0.39 is 28.7 Å². The van der Waals surface area contributed by atoms with Crippen LogP contribution in [0.2, 0.25) is 0 Å². The van der Waals surface area contributed by atoms with Crippen molar-refractivity contribution < 1.29 is 31.1 Å². The SMILES string of the molecule is Cc1cc(C)c(S(=O)(=O)N2CCC(C(=O)Nc3cccc(OCC(F)(F)F)c3)CC2)c(C)c1. The highest BCUT2D eigenvalue weighted by Crippen LogP contribution is 2.29. The van der Waals surface area contributed by atoms with E-state index in [0.717, 1.165) is 5.56 Å². The van der Waals surface area contributed by atoms with Crippen LogP contribution in [-0.2, 0) is 14.8 Å². The topological polar surface area (TPSA) is 75.7 Å². The first kappa shape index (κ1) is 25.0. The number of nitrogens with zero attached hydrogens (tertiary/aromatic N) is 1. The maximum atomic E-state index is 13.2. The molecular formula is C23H27F3N2O4S. The summed E-state index contributed by atoms with van der Waals surface area (Å²) in [5.74, 6) is -0.714. The van der Waals surface area contributed by atoms with E-state index >= 15 is 0 Å². The van der Waals surface area contributed by atoms with Crippen LogP contribution >= 0.6 is 0 Å². The largest absolute Gasteiger partial charge is 0.484 e. The average Bonchev–Trinajstić information content (AvgIpc) is 2.71. The maximum absolute atomic E-state index is 13.2. The Morgan fingerprint density at radius 3 is 2.27 bits per heavy atom. The zero-order valence-electron chi connectivity index (χ0n) is 18.7. The van der Waals surface area contributed by atoms with Crippen LogP contribution in [0, 0.1) is 26.7 Å². The molecule has 10 heteroatoms. The standard InChI is InChI=1S/C23H27F3N2O4S/c1-15-11-16(2)21(17(3)12-15)33(30,31)28-9-7-18(8-10-28)22(29)27-19-5-4-6-20(13-19)32-14-23(24,25)26/h4-6,11-13,18H,7-10,14H2,1-3H3,(H,27,29). The molecule has 2 aromatic rings. The smallest absolute Gasteiger partial charge is 0.422 e. The Balaban J connectivity index is 1.62. The molecule has 1 fully saturated rings. The number of sulfonamides is 1. The molecule has 1 heterocycles. The zero-order valence-corrected chi connectivity index (χ0v) is 19.5. The summed E-state index contributed by atoms with van der Waals surface area (Å²) in [4.78, 5) is 13.0. The third-order valence-corrected chi connectivity index (χ3v) is 7.74. The summed E-state index contributed by atoms with van der Waals surface area (Å²) in [6, 6.07) is 9.43. The van der Waals surface area contributed by atoms with Gasteiger partial charge in [0.25, 0.3) is 0 Å². The summed E-state index contributed by atoms with van der Waals surface area (Å²) < 4.78 is 69.6.